The average molecular weight is 413 g/mol. The number of anilines is 1. The van der Waals surface area contributed by atoms with Gasteiger partial charge in [-0.3, -0.25) is 9.59 Å². The van der Waals surface area contributed by atoms with Gasteiger partial charge in [-0.1, -0.05) is 12.5 Å². The van der Waals surface area contributed by atoms with E-state index in [9.17, 15) is 9.59 Å². The van der Waals surface area contributed by atoms with Crippen molar-refractivity contribution in [1.82, 2.24) is 0 Å². The lowest BCUT2D eigenvalue weighted by atomic mass is 9.60. The SMILES string of the molecule is CC(=O)OC(=O)C1CCCC2c3c(ccc4c3C3C(CN4)CC4OOC3O4)CCC12. The largest absolute Gasteiger partial charge is 0.393 e. The van der Waals surface area contributed by atoms with E-state index in [1.54, 1.807) is 0 Å². The third-order valence-corrected chi connectivity index (χ3v) is 7.83. The molecule has 1 N–H and O–H groups in total. The predicted molar refractivity (Wildman–Crippen MR) is 105 cm³/mol. The number of nitrogens with one attached hydrogen (secondary N) is 1. The molecule has 5 aliphatic rings. The van der Waals surface area contributed by atoms with Crippen LogP contribution in [0, 0.1) is 17.8 Å². The summed E-state index contributed by atoms with van der Waals surface area (Å²) in [5.74, 6) is -0.0311. The Bertz CT molecular complexity index is 900. The topological polar surface area (TPSA) is 83.1 Å². The number of hydrogen-bond donors (Lipinski definition) is 1. The highest BCUT2D eigenvalue weighted by Gasteiger charge is 2.51. The zero-order valence-corrected chi connectivity index (χ0v) is 17.1. The molecule has 3 aliphatic heterocycles. The molecule has 2 saturated heterocycles. The van der Waals surface area contributed by atoms with Crippen LogP contribution in [0.25, 0.3) is 0 Å². The van der Waals surface area contributed by atoms with Gasteiger partial charge in [-0.25, -0.2) is 9.78 Å². The molecule has 3 heterocycles. The summed E-state index contributed by atoms with van der Waals surface area (Å²) in [5.41, 5.74) is 5.21. The van der Waals surface area contributed by atoms with Gasteiger partial charge < -0.3 is 14.8 Å². The highest BCUT2D eigenvalue weighted by atomic mass is 17.3. The molecule has 7 unspecified atom stereocenters. The highest BCUT2D eigenvalue weighted by molar-refractivity contribution is 5.86. The molecule has 1 saturated carbocycles. The Labute approximate surface area is 175 Å². The normalized spacial score (nSPS) is 38.4. The van der Waals surface area contributed by atoms with Crippen molar-refractivity contribution in [1.29, 1.82) is 0 Å². The number of rotatable bonds is 1. The molecule has 7 heteroatoms. The van der Waals surface area contributed by atoms with Crippen LogP contribution < -0.4 is 5.32 Å². The van der Waals surface area contributed by atoms with Gasteiger partial charge in [-0.2, -0.15) is 0 Å². The first-order valence-electron chi connectivity index (χ1n) is 11.2. The molecule has 160 valence electrons. The molecule has 3 fully saturated rings. The molecule has 1 aromatic rings. The maximum Gasteiger partial charge on any atom is 0.316 e. The summed E-state index contributed by atoms with van der Waals surface area (Å²) < 4.78 is 11.0. The minimum Gasteiger partial charge on any atom is -0.393 e. The van der Waals surface area contributed by atoms with Gasteiger partial charge in [0.25, 0.3) is 0 Å². The van der Waals surface area contributed by atoms with E-state index in [1.807, 2.05) is 0 Å². The van der Waals surface area contributed by atoms with Crippen LogP contribution in [0.2, 0.25) is 0 Å². The molecule has 7 nitrogen and oxygen atoms in total. The van der Waals surface area contributed by atoms with Gasteiger partial charge in [0.1, 0.15) is 0 Å². The van der Waals surface area contributed by atoms with Gasteiger partial charge in [-0.15, -0.1) is 0 Å². The Hall–Kier alpha value is -1.96. The first-order valence-corrected chi connectivity index (χ1v) is 11.2. The van der Waals surface area contributed by atoms with Crippen molar-refractivity contribution in [2.75, 3.05) is 11.9 Å². The van der Waals surface area contributed by atoms with Crippen molar-refractivity contribution in [2.24, 2.45) is 17.8 Å². The van der Waals surface area contributed by atoms with Crippen LogP contribution in [-0.4, -0.2) is 31.1 Å². The standard InChI is InChI=1S/C23H27NO6/c1-11(25)27-22(26)16-4-2-3-15-14(16)7-5-12-6-8-17-21(19(12)15)20-13(10-24-17)9-18-28-23(20)30-29-18/h6,8,13-16,18,20,23-24H,2-5,7,9-10H2,1H3. The van der Waals surface area contributed by atoms with E-state index in [4.69, 9.17) is 19.2 Å². The summed E-state index contributed by atoms with van der Waals surface area (Å²) in [6.45, 7) is 2.19. The zero-order chi connectivity index (χ0) is 20.4. The van der Waals surface area contributed by atoms with Crippen LogP contribution in [0.1, 0.15) is 67.6 Å². The molecule has 0 amide bonds. The van der Waals surface area contributed by atoms with Crippen molar-refractivity contribution in [3.63, 3.8) is 0 Å². The minimum atomic E-state index is -0.518. The van der Waals surface area contributed by atoms with E-state index in [2.05, 4.69) is 17.4 Å². The molecule has 7 atom stereocenters. The van der Waals surface area contributed by atoms with Crippen LogP contribution in [-0.2, 0) is 35.3 Å². The molecule has 0 aromatic heterocycles. The van der Waals surface area contributed by atoms with Crippen molar-refractivity contribution in [3.05, 3.63) is 28.8 Å². The fourth-order valence-electron chi connectivity index (χ4n) is 6.70. The number of benzene rings is 1. The number of hydrogen-bond acceptors (Lipinski definition) is 7. The van der Waals surface area contributed by atoms with Crippen LogP contribution in [0.3, 0.4) is 0 Å². The van der Waals surface area contributed by atoms with Crippen LogP contribution in [0.5, 0.6) is 0 Å². The van der Waals surface area contributed by atoms with Gasteiger partial charge in [0.2, 0.25) is 6.29 Å². The van der Waals surface area contributed by atoms with E-state index >= 15 is 0 Å². The fourth-order valence-corrected chi connectivity index (χ4v) is 6.70. The Morgan fingerprint density at radius 2 is 2.03 bits per heavy atom. The minimum absolute atomic E-state index is 0.137. The molecule has 30 heavy (non-hydrogen) atoms. The van der Waals surface area contributed by atoms with Crippen molar-refractivity contribution < 1.29 is 28.8 Å². The third kappa shape index (κ3) is 2.82. The number of carbonyl (C=O) groups excluding carboxylic acids is 2. The first kappa shape index (κ1) is 18.8. The number of fused-ring (bicyclic) bond motifs is 10. The maximum absolute atomic E-state index is 12.7. The molecule has 0 spiro atoms. The van der Waals surface area contributed by atoms with Crippen molar-refractivity contribution in [3.8, 4) is 0 Å². The number of ether oxygens (including phenoxy) is 2. The van der Waals surface area contributed by atoms with Crippen LogP contribution in [0.15, 0.2) is 12.1 Å². The molecule has 2 aliphatic carbocycles. The highest BCUT2D eigenvalue weighted by Crippen LogP contribution is 2.56. The molecule has 1 aromatic carbocycles. The Kier molecular flexibility index (Phi) is 4.41. The average Bonchev–Trinajstić information content (AvgIpc) is 3.12. The first-order chi connectivity index (χ1) is 14.6. The van der Waals surface area contributed by atoms with Gasteiger partial charge >= 0.3 is 11.9 Å². The lowest BCUT2D eigenvalue weighted by molar-refractivity contribution is -0.292. The lowest BCUT2D eigenvalue weighted by Crippen LogP contribution is -2.43. The summed E-state index contributed by atoms with van der Waals surface area (Å²) in [6, 6.07) is 4.44. The fraction of sp³-hybridized carbons (Fsp3) is 0.652. The van der Waals surface area contributed by atoms with E-state index in [0.717, 1.165) is 50.8 Å². The van der Waals surface area contributed by atoms with Crippen molar-refractivity contribution >= 4 is 17.6 Å². The Balaban J connectivity index is 1.41. The number of carbonyl (C=O) groups is 2. The summed E-state index contributed by atoms with van der Waals surface area (Å²) in [5, 5.41) is 3.63. The Morgan fingerprint density at radius 1 is 1.13 bits per heavy atom. The number of esters is 2. The van der Waals surface area contributed by atoms with Crippen LogP contribution >= 0.6 is 0 Å². The molecular weight excluding hydrogens is 386 g/mol. The summed E-state index contributed by atoms with van der Waals surface area (Å²) in [7, 11) is 0. The van der Waals surface area contributed by atoms with E-state index in [1.165, 1.54) is 23.6 Å². The molecule has 0 radical (unpaired) electrons. The Morgan fingerprint density at radius 3 is 2.90 bits per heavy atom. The summed E-state index contributed by atoms with van der Waals surface area (Å²) in [6.07, 6.45) is 4.89. The van der Waals surface area contributed by atoms with E-state index in [-0.39, 0.29) is 36.3 Å². The van der Waals surface area contributed by atoms with Gasteiger partial charge in [0.05, 0.1) is 5.92 Å². The lowest BCUT2D eigenvalue weighted by Gasteiger charge is -2.46. The third-order valence-electron chi connectivity index (χ3n) is 7.83. The number of aryl methyl sites for hydroxylation is 1. The second-order valence-electron chi connectivity index (χ2n) is 9.39. The van der Waals surface area contributed by atoms with Crippen molar-refractivity contribution in [2.45, 2.75) is 69.9 Å². The van der Waals surface area contributed by atoms with E-state index in [0.29, 0.717) is 11.8 Å². The van der Waals surface area contributed by atoms with Gasteiger partial charge in [0.15, 0.2) is 6.29 Å². The summed E-state index contributed by atoms with van der Waals surface area (Å²) in [4.78, 5) is 35.0. The molecular formula is C23H27NO6. The zero-order valence-electron chi connectivity index (χ0n) is 17.1. The maximum atomic E-state index is 12.7. The molecule has 6 rings (SSSR count). The van der Waals surface area contributed by atoms with Crippen LogP contribution in [0.4, 0.5) is 5.69 Å². The molecule has 2 bridgehead atoms. The van der Waals surface area contributed by atoms with Gasteiger partial charge in [0, 0.05) is 31.5 Å². The second kappa shape index (κ2) is 7.04. The predicted octanol–water partition coefficient (Wildman–Crippen LogP) is 3.38. The van der Waals surface area contributed by atoms with E-state index < -0.39 is 5.97 Å². The van der Waals surface area contributed by atoms with Gasteiger partial charge in [-0.05, 0) is 66.2 Å². The quantitative estimate of drug-likeness (QED) is 0.429. The monoisotopic (exact) mass is 413 g/mol. The second-order valence-corrected chi connectivity index (χ2v) is 9.39. The smallest absolute Gasteiger partial charge is 0.316 e. The summed E-state index contributed by atoms with van der Waals surface area (Å²) >= 11 is 0.